The summed E-state index contributed by atoms with van der Waals surface area (Å²) < 4.78 is 39.1. The summed E-state index contributed by atoms with van der Waals surface area (Å²) in [4.78, 5) is 30.5. The van der Waals surface area contributed by atoms with Crippen LogP contribution in [0, 0.1) is 5.92 Å². The fourth-order valence-electron chi connectivity index (χ4n) is 3.85. The maximum atomic E-state index is 13.0. The number of carbonyl (C=O) groups is 2. The van der Waals surface area contributed by atoms with Crippen LogP contribution in [0.1, 0.15) is 18.9 Å². The number of nitrogens with zero attached hydrogens (tertiary/aromatic N) is 3. The van der Waals surface area contributed by atoms with Crippen molar-refractivity contribution in [2.45, 2.75) is 19.5 Å². The number of piperazine rings is 1. The molecule has 1 aromatic carbocycles. The third-order valence-electron chi connectivity index (χ3n) is 5.47. The molecule has 9 heteroatoms. The first kappa shape index (κ1) is 21.6. The number of rotatable bonds is 5. The number of anilines is 1. The zero-order chi connectivity index (χ0) is 21.0. The third kappa shape index (κ3) is 5.93. The molecule has 0 spiro atoms. The lowest BCUT2D eigenvalue weighted by atomic mass is 10.1. The summed E-state index contributed by atoms with van der Waals surface area (Å²) in [5.74, 6) is 0.232. The maximum absolute atomic E-state index is 13.0. The Morgan fingerprint density at radius 2 is 1.72 bits per heavy atom. The summed E-state index contributed by atoms with van der Waals surface area (Å²) in [5.41, 5.74) is -1.10. The average molecular weight is 412 g/mol. The molecule has 3 rings (SSSR count). The van der Waals surface area contributed by atoms with Gasteiger partial charge in [-0.1, -0.05) is 19.1 Å². The molecule has 0 saturated carbocycles. The molecule has 0 aliphatic carbocycles. The van der Waals surface area contributed by atoms with E-state index in [9.17, 15) is 22.8 Å². The van der Waals surface area contributed by atoms with Crippen LogP contribution in [0.15, 0.2) is 24.3 Å². The minimum absolute atomic E-state index is 0.00212. The number of hydrogen-bond acceptors (Lipinski definition) is 4. The van der Waals surface area contributed by atoms with E-state index in [0.29, 0.717) is 38.6 Å². The Morgan fingerprint density at radius 3 is 2.34 bits per heavy atom. The van der Waals surface area contributed by atoms with E-state index >= 15 is 0 Å². The molecule has 1 unspecified atom stereocenters. The molecule has 160 valence electrons. The smallest absolute Gasteiger partial charge is 0.339 e. The number of para-hydroxylation sites is 1. The van der Waals surface area contributed by atoms with Crippen LogP contribution in [0.5, 0.6) is 0 Å². The van der Waals surface area contributed by atoms with Gasteiger partial charge in [-0.05, 0) is 31.0 Å². The minimum atomic E-state index is -4.52. The SMILES string of the molecule is CC1CCN(CC(=O)N2CCN(CC(=O)Nc3ccccc3C(F)(F)F)CC2)C1. The van der Waals surface area contributed by atoms with E-state index in [-0.39, 0.29) is 18.1 Å². The van der Waals surface area contributed by atoms with Crippen LogP contribution in [0.2, 0.25) is 0 Å². The van der Waals surface area contributed by atoms with Crippen LogP contribution in [0.25, 0.3) is 0 Å². The second kappa shape index (κ2) is 9.13. The summed E-state index contributed by atoms with van der Waals surface area (Å²) >= 11 is 0. The van der Waals surface area contributed by atoms with Crippen molar-refractivity contribution in [1.82, 2.24) is 14.7 Å². The zero-order valence-corrected chi connectivity index (χ0v) is 16.5. The number of amides is 2. The third-order valence-corrected chi connectivity index (χ3v) is 5.47. The quantitative estimate of drug-likeness (QED) is 0.805. The molecule has 0 aromatic heterocycles. The van der Waals surface area contributed by atoms with E-state index < -0.39 is 17.6 Å². The summed E-state index contributed by atoms with van der Waals surface area (Å²) in [7, 11) is 0. The number of alkyl halides is 3. The molecule has 6 nitrogen and oxygen atoms in total. The van der Waals surface area contributed by atoms with Crippen molar-refractivity contribution in [1.29, 1.82) is 0 Å². The Hall–Kier alpha value is -2.13. The highest BCUT2D eigenvalue weighted by atomic mass is 19.4. The van der Waals surface area contributed by atoms with E-state index in [1.807, 2.05) is 4.90 Å². The summed E-state index contributed by atoms with van der Waals surface area (Å²) in [6, 6.07) is 4.94. The molecule has 2 saturated heterocycles. The lowest BCUT2D eigenvalue weighted by molar-refractivity contribution is -0.137. The van der Waals surface area contributed by atoms with Crippen LogP contribution in [-0.2, 0) is 15.8 Å². The monoisotopic (exact) mass is 412 g/mol. The highest BCUT2D eigenvalue weighted by Crippen LogP contribution is 2.34. The van der Waals surface area contributed by atoms with Gasteiger partial charge in [-0.25, -0.2) is 0 Å². The predicted octanol–water partition coefficient (Wildman–Crippen LogP) is 2.13. The molecule has 2 heterocycles. The molecular weight excluding hydrogens is 385 g/mol. The van der Waals surface area contributed by atoms with Gasteiger partial charge in [0.1, 0.15) is 0 Å². The van der Waals surface area contributed by atoms with Crippen LogP contribution in [0.3, 0.4) is 0 Å². The van der Waals surface area contributed by atoms with Gasteiger partial charge in [0.2, 0.25) is 11.8 Å². The van der Waals surface area contributed by atoms with Crippen molar-refractivity contribution in [2.75, 3.05) is 57.7 Å². The molecule has 29 heavy (non-hydrogen) atoms. The number of nitrogens with one attached hydrogen (secondary N) is 1. The minimum Gasteiger partial charge on any atom is -0.339 e. The molecule has 1 N–H and O–H groups in total. The van der Waals surface area contributed by atoms with Gasteiger partial charge in [-0.2, -0.15) is 13.2 Å². The van der Waals surface area contributed by atoms with Crippen LogP contribution in [-0.4, -0.2) is 78.9 Å². The average Bonchev–Trinajstić information content (AvgIpc) is 3.06. The Kier molecular flexibility index (Phi) is 6.79. The van der Waals surface area contributed by atoms with Gasteiger partial charge >= 0.3 is 6.18 Å². The topological polar surface area (TPSA) is 55.9 Å². The zero-order valence-electron chi connectivity index (χ0n) is 16.5. The van der Waals surface area contributed by atoms with Gasteiger partial charge in [0, 0.05) is 32.7 Å². The molecule has 2 amide bonds. The lowest BCUT2D eigenvalue weighted by Crippen LogP contribution is -2.52. The van der Waals surface area contributed by atoms with Crippen molar-refractivity contribution >= 4 is 17.5 Å². The van der Waals surface area contributed by atoms with Crippen LogP contribution in [0.4, 0.5) is 18.9 Å². The fourth-order valence-corrected chi connectivity index (χ4v) is 3.85. The fraction of sp³-hybridized carbons (Fsp3) is 0.600. The summed E-state index contributed by atoms with van der Waals surface area (Å²) in [6.45, 7) is 6.60. The maximum Gasteiger partial charge on any atom is 0.418 e. The Bertz CT molecular complexity index is 733. The van der Waals surface area contributed by atoms with Crippen molar-refractivity contribution in [2.24, 2.45) is 5.92 Å². The highest BCUT2D eigenvalue weighted by Gasteiger charge is 2.34. The van der Waals surface area contributed by atoms with Gasteiger partial charge in [0.15, 0.2) is 0 Å². The Labute approximate surface area is 168 Å². The second-order valence-corrected chi connectivity index (χ2v) is 7.88. The molecule has 2 fully saturated rings. The Balaban J connectivity index is 1.45. The van der Waals surface area contributed by atoms with Crippen molar-refractivity contribution < 1.29 is 22.8 Å². The number of hydrogen-bond donors (Lipinski definition) is 1. The number of likely N-dealkylation sites (tertiary alicyclic amines) is 1. The number of benzene rings is 1. The molecule has 0 bridgehead atoms. The number of carbonyl (C=O) groups excluding carboxylic acids is 2. The van der Waals surface area contributed by atoms with Gasteiger partial charge in [-0.15, -0.1) is 0 Å². The molecule has 2 aliphatic heterocycles. The first-order chi connectivity index (χ1) is 13.7. The first-order valence-corrected chi connectivity index (χ1v) is 9.91. The van der Waals surface area contributed by atoms with Gasteiger partial charge < -0.3 is 10.2 Å². The van der Waals surface area contributed by atoms with Gasteiger partial charge in [0.05, 0.1) is 24.3 Å². The Morgan fingerprint density at radius 1 is 1.03 bits per heavy atom. The summed E-state index contributed by atoms with van der Waals surface area (Å²) in [5, 5.41) is 2.36. The standard InChI is InChI=1S/C20H27F3N4O2/c1-15-6-7-26(12-15)14-19(29)27-10-8-25(9-11-27)13-18(28)24-17-5-3-2-4-16(17)20(21,22)23/h2-5,15H,6-14H2,1H3,(H,24,28). The van der Waals surface area contributed by atoms with E-state index in [0.717, 1.165) is 25.6 Å². The van der Waals surface area contributed by atoms with Crippen LogP contribution < -0.4 is 5.32 Å². The largest absolute Gasteiger partial charge is 0.418 e. The molecular formula is C20H27F3N4O2. The first-order valence-electron chi connectivity index (χ1n) is 9.91. The highest BCUT2D eigenvalue weighted by molar-refractivity contribution is 5.93. The van der Waals surface area contributed by atoms with E-state index in [2.05, 4.69) is 17.1 Å². The predicted molar refractivity (Wildman–Crippen MR) is 103 cm³/mol. The van der Waals surface area contributed by atoms with E-state index in [4.69, 9.17) is 0 Å². The van der Waals surface area contributed by atoms with Crippen molar-refractivity contribution in [3.05, 3.63) is 29.8 Å². The van der Waals surface area contributed by atoms with Gasteiger partial charge in [0.25, 0.3) is 0 Å². The van der Waals surface area contributed by atoms with E-state index in [1.165, 1.54) is 18.2 Å². The molecule has 2 aliphatic rings. The normalized spacial score (nSPS) is 21.4. The van der Waals surface area contributed by atoms with Crippen molar-refractivity contribution in [3.8, 4) is 0 Å². The van der Waals surface area contributed by atoms with Gasteiger partial charge in [-0.3, -0.25) is 19.4 Å². The number of halogens is 3. The molecule has 1 atom stereocenters. The summed E-state index contributed by atoms with van der Waals surface area (Å²) in [6.07, 6.45) is -3.41. The molecule has 1 aromatic rings. The van der Waals surface area contributed by atoms with E-state index in [1.54, 1.807) is 4.90 Å². The van der Waals surface area contributed by atoms with Crippen LogP contribution >= 0.6 is 0 Å². The van der Waals surface area contributed by atoms with Crippen molar-refractivity contribution in [3.63, 3.8) is 0 Å². The lowest BCUT2D eigenvalue weighted by Gasteiger charge is -2.35. The second-order valence-electron chi connectivity index (χ2n) is 7.88. The molecule has 0 radical (unpaired) electrons.